The van der Waals surface area contributed by atoms with Crippen LogP contribution in [0.3, 0.4) is 0 Å². The Kier molecular flexibility index (Phi) is 5.44. The first-order valence-electron chi connectivity index (χ1n) is 5.84. The predicted molar refractivity (Wildman–Crippen MR) is 82.2 cm³/mol. The number of carbonyl (C=O) groups is 1. The second-order valence-electron chi connectivity index (χ2n) is 4.37. The van der Waals surface area contributed by atoms with E-state index in [1.165, 1.54) is 0 Å². The molecule has 0 heterocycles. The van der Waals surface area contributed by atoms with E-state index in [-0.39, 0.29) is 17.4 Å². The Morgan fingerprint density at radius 1 is 1.42 bits per heavy atom. The summed E-state index contributed by atoms with van der Waals surface area (Å²) >= 11 is 4.62. The second kappa shape index (κ2) is 6.84. The second-order valence-corrected chi connectivity index (χ2v) is 4.81. The number of aryl methyl sites for hydroxylation is 2. The van der Waals surface area contributed by atoms with E-state index >= 15 is 0 Å². The molecule has 1 aromatic rings. The summed E-state index contributed by atoms with van der Waals surface area (Å²) in [6.45, 7) is 5.70. The van der Waals surface area contributed by atoms with Gasteiger partial charge in [0.15, 0.2) is 5.11 Å². The highest BCUT2D eigenvalue weighted by molar-refractivity contribution is 7.80. The fourth-order valence-electron chi connectivity index (χ4n) is 1.57. The number of nitrogens with two attached hydrogens (primary N) is 1. The molecule has 5 nitrogen and oxygen atoms in total. The molecule has 0 aromatic heterocycles. The van der Waals surface area contributed by atoms with Gasteiger partial charge in [0.05, 0.1) is 6.42 Å². The summed E-state index contributed by atoms with van der Waals surface area (Å²) in [5.74, 6) is -0.127. The molecule has 0 aliphatic rings. The molecule has 102 valence electrons. The van der Waals surface area contributed by atoms with E-state index in [4.69, 9.17) is 5.73 Å². The number of hydrogen-bond acceptors (Lipinski definition) is 3. The number of nitrogens with one attached hydrogen (secondary N) is 2. The summed E-state index contributed by atoms with van der Waals surface area (Å²) in [5, 5.41) is 6.80. The highest BCUT2D eigenvalue weighted by Crippen LogP contribution is 2.16. The van der Waals surface area contributed by atoms with Crippen molar-refractivity contribution in [2.24, 2.45) is 10.8 Å². The van der Waals surface area contributed by atoms with E-state index in [9.17, 15) is 4.79 Å². The molecule has 0 aliphatic heterocycles. The van der Waals surface area contributed by atoms with Gasteiger partial charge in [-0.3, -0.25) is 10.2 Å². The van der Waals surface area contributed by atoms with Gasteiger partial charge in [0, 0.05) is 11.4 Å². The third kappa shape index (κ3) is 5.48. The third-order valence-corrected chi connectivity index (χ3v) is 2.52. The van der Waals surface area contributed by atoms with E-state index in [0.717, 1.165) is 16.8 Å². The molecule has 4 N–H and O–H groups in total. The normalized spacial score (nSPS) is 11.0. The molecule has 19 heavy (non-hydrogen) atoms. The van der Waals surface area contributed by atoms with Crippen LogP contribution in [0.4, 0.5) is 5.69 Å². The van der Waals surface area contributed by atoms with Crippen molar-refractivity contribution in [3.63, 3.8) is 0 Å². The van der Waals surface area contributed by atoms with E-state index in [2.05, 4.69) is 28.1 Å². The molecule has 1 amide bonds. The lowest BCUT2D eigenvalue weighted by Gasteiger charge is -2.09. The number of anilines is 1. The molecule has 0 bridgehead atoms. The molecule has 0 saturated carbocycles. The summed E-state index contributed by atoms with van der Waals surface area (Å²) in [6, 6.07) is 5.87. The zero-order valence-electron chi connectivity index (χ0n) is 11.3. The van der Waals surface area contributed by atoms with Gasteiger partial charge in [-0.15, -0.1) is 0 Å². The smallest absolute Gasteiger partial charge is 0.230 e. The molecule has 0 aliphatic carbocycles. The van der Waals surface area contributed by atoms with Gasteiger partial charge in [-0.05, 0) is 44.6 Å². The maximum atomic E-state index is 11.8. The van der Waals surface area contributed by atoms with Crippen molar-refractivity contribution in [3.05, 3.63) is 29.3 Å². The van der Waals surface area contributed by atoms with Crippen molar-refractivity contribution in [1.29, 1.82) is 0 Å². The van der Waals surface area contributed by atoms with Crippen LogP contribution in [-0.4, -0.2) is 16.7 Å². The highest BCUT2D eigenvalue weighted by Gasteiger charge is 2.06. The molecule has 0 fully saturated rings. The van der Waals surface area contributed by atoms with Crippen molar-refractivity contribution in [1.82, 2.24) is 5.43 Å². The topological polar surface area (TPSA) is 79.5 Å². The van der Waals surface area contributed by atoms with Crippen LogP contribution in [0, 0.1) is 13.8 Å². The minimum Gasteiger partial charge on any atom is -0.375 e. The van der Waals surface area contributed by atoms with Crippen molar-refractivity contribution in [2.75, 3.05) is 5.32 Å². The summed E-state index contributed by atoms with van der Waals surface area (Å²) in [4.78, 5) is 11.8. The first kappa shape index (κ1) is 15.1. The summed E-state index contributed by atoms with van der Waals surface area (Å²) in [6.07, 6.45) is 0.183. The maximum Gasteiger partial charge on any atom is 0.230 e. The van der Waals surface area contributed by atoms with E-state index in [1.807, 2.05) is 32.0 Å². The Balaban J connectivity index is 2.60. The Morgan fingerprint density at radius 2 is 2.11 bits per heavy atom. The Labute approximate surface area is 118 Å². The number of hydrazone groups is 1. The lowest BCUT2D eigenvalue weighted by Crippen LogP contribution is -2.26. The summed E-state index contributed by atoms with van der Waals surface area (Å²) in [7, 11) is 0. The van der Waals surface area contributed by atoms with Crippen LogP contribution in [0.1, 0.15) is 24.5 Å². The molecule has 0 atom stereocenters. The molecule has 0 unspecified atom stereocenters. The number of hydrogen-bond donors (Lipinski definition) is 3. The Morgan fingerprint density at radius 3 is 2.68 bits per heavy atom. The minimum absolute atomic E-state index is 0.0779. The van der Waals surface area contributed by atoms with Crippen molar-refractivity contribution < 1.29 is 4.79 Å². The maximum absolute atomic E-state index is 11.8. The number of carbonyl (C=O) groups excluding carboxylic acids is 1. The van der Waals surface area contributed by atoms with Gasteiger partial charge in [-0.1, -0.05) is 17.7 Å². The lowest BCUT2D eigenvalue weighted by atomic mass is 10.1. The quantitative estimate of drug-likeness (QED) is 0.446. The molecule has 1 rings (SSSR count). The van der Waals surface area contributed by atoms with Gasteiger partial charge >= 0.3 is 0 Å². The van der Waals surface area contributed by atoms with Gasteiger partial charge in [0.2, 0.25) is 5.91 Å². The van der Waals surface area contributed by atoms with Crippen LogP contribution >= 0.6 is 12.2 Å². The number of rotatable bonds is 4. The van der Waals surface area contributed by atoms with Crippen LogP contribution in [0.15, 0.2) is 23.3 Å². The summed E-state index contributed by atoms with van der Waals surface area (Å²) < 4.78 is 0. The van der Waals surface area contributed by atoms with Gasteiger partial charge in [0.25, 0.3) is 0 Å². The zero-order valence-corrected chi connectivity index (χ0v) is 12.1. The van der Waals surface area contributed by atoms with Crippen LogP contribution in [0.5, 0.6) is 0 Å². The Hall–Kier alpha value is -1.95. The fraction of sp³-hybridized carbons (Fsp3) is 0.308. The van der Waals surface area contributed by atoms with E-state index in [0.29, 0.717) is 5.71 Å². The number of benzene rings is 1. The molecule has 0 radical (unpaired) electrons. The average Bonchev–Trinajstić information content (AvgIpc) is 2.30. The molecule has 1 aromatic carbocycles. The molecule has 0 saturated heterocycles. The van der Waals surface area contributed by atoms with Crippen molar-refractivity contribution >= 4 is 34.6 Å². The van der Waals surface area contributed by atoms with E-state index in [1.54, 1.807) is 6.92 Å². The van der Waals surface area contributed by atoms with Crippen LogP contribution < -0.4 is 16.5 Å². The average molecular weight is 278 g/mol. The Bertz CT molecular complexity index is 525. The third-order valence-electron chi connectivity index (χ3n) is 2.43. The first-order valence-corrected chi connectivity index (χ1v) is 6.25. The zero-order chi connectivity index (χ0) is 14.4. The number of thiocarbonyl (C=S) groups is 1. The number of nitrogens with zero attached hydrogens (tertiary/aromatic N) is 1. The predicted octanol–water partition coefficient (Wildman–Crippen LogP) is 1.84. The minimum atomic E-state index is -0.127. The molecular formula is C13H18N4OS. The van der Waals surface area contributed by atoms with Gasteiger partial charge < -0.3 is 11.1 Å². The summed E-state index contributed by atoms with van der Waals surface area (Å²) in [5.41, 5.74) is 11.3. The lowest BCUT2D eigenvalue weighted by molar-refractivity contribution is -0.115. The molecular weight excluding hydrogens is 260 g/mol. The van der Waals surface area contributed by atoms with Crippen LogP contribution in [-0.2, 0) is 4.79 Å². The van der Waals surface area contributed by atoms with Gasteiger partial charge in [-0.2, -0.15) is 5.10 Å². The van der Waals surface area contributed by atoms with Gasteiger partial charge in [0.1, 0.15) is 0 Å². The first-order chi connectivity index (χ1) is 8.88. The monoisotopic (exact) mass is 278 g/mol. The van der Waals surface area contributed by atoms with Crippen LogP contribution in [0.25, 0.3) is 0 Å². The van der Waals surface area contributed by atoms with Crippen molar-refractivity contribution in [3.8, 4) is 0 Å². The largest absolute Gasteiger partial charge is 0.375 e. The fourth-order valence-corrected chi connectivity index (χ4v) is 1.62. The van der Waals surface area contributed by atoms with Gasteiger partial charge in [-0.25, -0.2) is 0 Å². The highest BCUT2D eigenvalue weighted by atomic mass is 32.1. The van der Waals surface area contributed by atoms with Crippen LogP contribution in [0.2, 0.25) is 0 Å². The van der Waals surface area contributed by atoms with E-state index < -0.39 is 0 Å². The SMILES string of the molecule is CC(CC(=O)Nc1ccc(C)cc1C)=NNC(N)=S. The number of amides is 1. The molecule has 0 spiro atoms. The van der Waals surface area contributed by atoms with Crippen molar-refractivity contribution in [2.45, 2.75) is 27.2 Å². The standard InChI is InChI=1S/C13H18N4OS/c1-8-4-5-11(9(2)6-8)15-12(18)7-10(3)16-17-13(14)19/h4-6H,7H2,1-3H3,(H,15,18)(H3,14,17,19). The molecule has 6 heteroatoms.